The lowest BCUT2D eigenvalue weighted by molar-refractivity contribution is -0.134. The van der Waals surface area contributed by atoms with Crippen LogP contribution < -0.4 is 5.73 Å². The number of hydrogen-bond donors (Lipinski definition) is 4. The normalized spacial score (nSPS) is 10.0. The average molecular weight is 276 g/mol. The molecule has 0 bridgehead atoms. The molecule has 2 aromatic rings. The fourth-order valence-electron chi connectivity index (χ4n) is 1.34. The van der Waals surface area contributed by atoms with Crippen molar-refractivity contribution in [1.82, 2.24) is 4.98 Å². The number of primary amides is 1. The van der Waals surface area contributed by atoms with Crippen LogP contribution in [0.4, 0.5) is 0 Å². The second-order valence-electron chi connectivity index (χ2n) is 3.65. The van der Waals surface area contributed by atoms with E-state index in [1.54, 1.807) is 12.1 Å². The van der Waals surface area contributed by atoms with Crippen molar-refractivity contribution in [2.24, 2.45) is 5.73 Å². The Labute approximate surface area is 113 Å². The van der Waals surface area contributed by atoms with Crippen molar-refractivity contribution in [3.63, 3.8) is 0 Å². The molecule has 0 fully saturated rings. The van der Waals surface area contributed by atoms with Crippen molar-refractivity contribution in [3.05, 3.63) is 48.2 Å². The molecular formula is C13H12N2O5. The number of aromatic amines is 1. The van der Waals surface area contributed by atoms with Crippen LogP contribution in [0.2, 0.25) is 0 Å². The lowest BCUT2D eigenvalue weighted by Crippen LogP contribution is -2.10. The molecule has 0 spiro atoms. The number of amides is 1. The first-order valence-electron chi connectivity index (χ1n) is 5.41. The molecule has 1 amide bonds. The molecule has 0 unspecified atom stereocenters. The Morgan fingerprint density at radius 3 is 2.15 bits per heavy atom. The van der Waals surface area contributed by atoms with E-state index < -0.39 is 17.8 Å². The molecule has 0 saturated heterocycles. The molecule has 7 nitrogen and oxygen atoms in total. The highest BCUT2D eigenvalue weighted by molar-refractivity contribution is 5.96. The van der Waals surface area contributed by atoms with E-state index >= 15 is 0 Å². The molecule has 0 atom stereocenters. The quantitative estimate of drug-likeness (QED) is 0.620. The number of carboxylic acids is 2. The third-order valence-electron chi connectivity index (χ3n) is 2.21. The first kappa shape index (κ1) is 15.0. The summed E-state index contributed by atoms with van der Waals surface area (Å²) >= 11 is 0. The molecule has 0 aliphatic rings. The van der Waals surface area contributed by atoms with Crippen molar-refractivity contribution in [2.45, 2.75) is 0 Å². The molecule has 1 aromatic carbocycles. The number of benzene rings is 1. The number of carbonyl (C=O) groups excluding carboxylic acids is 1. The highest BCUT2D eigenvalue weighted by atomic mass is 16.4. The summed E-state index contributed by atoms with van der Waals surface area (Å²) in [4.78, 5) is 32.9. The van der Waals surface area contributed by atoms with Crippen molar-refractivity contribution < 1.29 is 24.6 Å². The van der Waals surface area contributed by atoms with E-state index in [-0.39, 0.29) is 0 Å². The maximum Gasteiger partial charge on any atom is 0.328 e. The number of aliphatic carboxylic acids is 2. The number of nitrogens with one attached hydrogen (secondary N) is 1. The van der Waals surface area contributed by atoms with Gasteiger partial charge in [0.15, 0.2) is 0 Å². The summed E-state index contributed by atoms with van der Waals surface area (Å²) in [6, 6.07) is 7.28. The Morgan fingerprint density at radius 2 is 1.65 bits per heavy atom. The van der Waals surface area contributed by atoms with Crippen molar-refractivity contribution in [2.75, 3.05) is 0 Å². The number of fused-ring (bicyclic) bond motifs is 1. The number of carbonyl (C=O) groups is 3. The van der Waals surface area contributed by atoms with Gasteiger partial charge in [-0.15, -0.1) is 0 Å². The molecule has 2 rings (SSSR count). The molecule has 1 heterocycles. The fraction of sp³-hybridized carbons (Fsp3) is 0. The van der Waals surface area contributed by atoms with E-state index in [4.69, 9.17) is 15.9 Å². The van der Waals surface area contributed by atoms with Crippen LogP contribution in [0.5, 0.6) is 0 Å². The SMILES string of the molecule is NC(=O)c1ccc2cc[nH]c2c1.O=C(O)/C=C\C(=O)O. The zero-order valence-corrected chi connectivity index (χ0v) is 10.2. The Kier molecular flexibility index (Phi) is 5.04. The van der Waals surface area contributed by atoms with Gasteiger partial charge in [-0.1, -0.05) is 6.07 Å². The molecular weight excluding hydrogens is 264 g/mol. The number of carboxylic acid groups (broad SMARTS) is 2. The smallest absolute Gasteiger partial charge is 0.328 e. The number of H-pyrrole nitrogens is 1. The maximum atomic E-state index is 10.8. The van der Waals surface area contributed by atoms with E-state index in [1.165, 1.54) is 0 Å². The van der Waals surface area contributed by atoms with Gasteiger partial charge in [-0.3, -0.25) is 4.79 Å². The third-order valence-corrected chi connectivity index (χ3v) is 2.21. The van der Waals surface area contributed by atoms with E-state index in [0.717, 1.165) is 10.9 Å². The second-order valence-corrected chi connectivity index (χ2v) is 3.65. The van der Waals surface area contributed by atoms with Crippen LogP contribution in [-0.2, 0) is 9.59 Å². The number of nitrogens with two attached hydrogens (primary N) is 1. The minimum Gasteiger partial charge on any atom is -0.478 e. The fourth-order valence-corrected chi connectivity index (χ4v) is 1.34. The Bertz CT molecular complexity index is 656. The van der Waals surface area contributed by atoms with Crippen molar-refractivity contribution in [3.8, 4) is 0 Å². The zero-order valence-electron chi connectivity index (χ0n) is 10.2. The molecule has 1 aromatic heterocycles. The molecule has 0 saturated carbocycles. The Balaban J connectivity index is 0.000000221. The van der Waals surface area contributed by atoms with Gasteiger partial charge in [-0.25, -0.2) is 9.59 Å². The third kappa shape index (κ3) is 4.65. The van der Waals surface area contributed by atoms with E-state index in [2.05, 4.69) is 4.98 Å². The molecule has 104 valence electrons. The predicted molar refractivity (Wildman–Crippen MR) is 71.2 cm³/mol. The van der Waals surface area contributed by atoms with Gasteiger partial charge in [-0.2, -0.15) is 0 Å². The summed E-state index contributed by atoms with van der Waals surface area (Å²) < 4.78 is 0. The highest BCUT2D eigenvalue weighted by Gasteiger charge is 2.00. The first-order valence-corrected chi connectivity index (χ1v) is 5.41. The first-order chi connectivity index (χ1) is 9.40. The van der Waals surface area contributed by atoms with Gasteiger partial charge in [0.2, 0.25) is 5.91 Å². The van der Waals surface area contributed by atoms with Crippen LogP contribution in [0, 0.1) is 0 Å². The van der Waals surface area contributed by atoms with Gasteiger partial charge in [0, 0.05) is 29.4 Å². The van der Waals surface area contributed by atoms with E-state index in [9.17, 15) is 14.4 Å². The van der Waals surface area contributed by atoms with Crippen LogP contribution in [0.25, 0.3) is 10.9 Å². The molecule has 0 aliphatic heterocycles. The lowest BCUT2D eigenvalue weighted by atomic mass is 10.1. The number of rotatable bonds is 3. The highest BCUT2D eigenvalue weighted by Crippen LogP contribution is 2.13. The molecule has 0 aliphatic carbocycles. The van der Waals surface area contributed by atoms with Gasteiger partial charge in [-0.05, 0) is 23.6 Å². The summed E-state index contributed by atoms with van der Waals surface area (Å²) in [5.74, 6) is -2.91. The van der Waals surface area contributed by atoms with Gasteiger partial charge < -0.3 is 20.9 Å². The summed E-state index contributed by atoms with van der Waals surface area (Å²) in [5, 5.41) is 16.7. The largest absolute Gasteiger partial charge is 0.478 e. The summed E-state index contributed by atoms with van der Waals surface area (Å²) in [5.41, 5.74) is 6.59. The summed E-state index contributed by atoms with van der Waals surface area (Å²) in [6.45, 7) is 0. The number of hydrogen-bond acceptors (Lipinski definition) is 3. The summed E-state index contributed by atoms with van der Waals surface area (Å²) in [6.07, 6.45) is 2.94. The minimum absolute atomic E-state index is 0.397. The second kappa shape index (κ2) is 6.74. The van der Waals surface area contributed by atoms with Crippen molar-refractivity contribution in [1.29, 1.82) is 0 Å². The molecule has 7 heteroatoms. The maximum absolute atomic E-state index is 10.8. The van der Waals surface area contributed by atoms with Crippen LogP contribution in [0.15, 0.2) is 42.6 Å². The molecule has 5 N–H and O–H groups in total. The van der Waals surface area contributed by atoms with Gasteiger partial charge in [0.1, 0.15) is 0 Å². The minimum atomic E-state index is -1.26. The molecule has 20 heavy (non-hydrogen) atoms. The monoisotopic (exact) mass is 276 g/mol. The van der Waals surface area contributed by atoms with E-state index in [1.807, 2.05) is 18.3 Å². The topological polar surface area (TPSA) is 133 Å². The standard InChI is InChI=1S/C9H8N2O.C4H4O4/c10-9(12)7-2-1-6-3-4-11-8(6)5-7;5-3(6)1-2-4(7)8/h1-5,11H,(H2,10,12);1-2H,(H,5,6)(H,7,8)/b;2-1-. The Hall–Kier alpha value is -3.09. The predicted octanol–water partition coefficient (Wildman–Crippen LogP) is 0.979. The van der Waals surface area contributed by atoms with Gasteiger partial charge in [0.05, 0.1) is 0 Å². The average Bonchev–Trinajstić information content (AvgIpc) is 2.84. The Morgan fingerprint density at radius 1 is 1.05 bits per heavy atom. The summed E-state index contributed by atoms with van der Waals surface area (Å²) in [7, 11) is 0. The zero-order chi connectivity index (χ0) is 15.1. The lowest BCUT2D eigenvalue weighted by Gasteiger charge is -1.94. The van der Waals surface area contributed by atoms with Gasteiger partial charge >= 0.3 is 11.9 Å². The van der Waals surface area contributed by atoms with Crippen LogP contribution >= 0.6 is 0 Å². The van der Waals surface area contributed by atoms with Crippen molar-refractivity contribution >= 4 is 28.7 Å². The van der Waals surface area contributed by atoms with E-state index in [0.29, 0.717) is 17.7 Å². The van der Waals surface area contributed by atoms with Crippen LogP contribution in [0.3, 0.4) is 0 Å². The number of aromatic nitrogens is 1. The molecule has 0 radical (unpaired) electrons. The van der Waals surface area contributed by atoms with Gasteiger partial charge in [0.25, 0.3) is 0 Å². The van der Waals surface area contributed by atoms with Crippen LogP contribution in [0.1, 0.15) is 10.4 Å². The van der Waals surface area contributed by atoms with Crippen LogP contribution in [-0.4, -0.2) is 33.0 Å².